The van der Waals surface area contributed by atoms with Crippen LogP contribution >= 0.6 is 0 Å². The van der Waals surface area contributed by atoms with Crippen molar-refractivity contribution < 1.29 is 24.5 Å². The Morgan fingerprint density at radius 1 is 0.346 bits per heavy atom. The zero-order chi connectivity index (χ0) is 56.4. The Hall–Kier alpha value is -1.92. The van der Waals surface area contributed by atoms with E-state index in [0.29, 0.717) is 19.4 Å². The lowest BCUT2D eigenvalue weighted by Crippen LogP contribution is -2.45. The fourth-order valence-electron chi connectivity index (χ4n) is 11.0. The Morgan fingerprint density at radius 2 is 0.603 bits per heavy atom. The highest BCUT2D eigenvalue weighted by molar-refractivity contribution is 5.76. The van der Waals surface area contributed by atoms with Gasteiger partial charge in [-0.1, -0.05) is 326 Å². The molecule has 6 nitrogen and oxygen atoms in total. The normalized spacial score (nSPS) is 12.7. The molecular weight excluding hydrogens is 959 g/mol. The minimum absolute atomic E-state index is 0.0136. The summed E-state index contributed by atoms with van der Waals surface area (Å²) < 4.78 is 5.50. The van der Waals surface area contributed by atoms with Gasteiger partial charge in [0.15, 0.2) is 0 Å². The molecule has 0 aromatic carbocycles. The minimum atomic E-state index is -0.843. The molecule has 0 spiro atoms. The summed E-state index contributed by atoms with van der Waals surface area (Å²) in [6, 6.07) is -0.627. The molecule has 0 rings (SSSR count). The molecule has 460 valence electrons. The lowest BCUT2D eigenvalue weighted by atomic mass is 10.0. The third kappa shape index (κ3) is 63.3. The van der Waals surface area contributed by atoms with Gasteiger partial charge in [0, 0.05) is 12.8 Å². The van der Waals surface area contributed by atoms with Crippen LogP contribution in [-0.2, 0) is 14.3 Å². The standard InChI is InChI=1S/C72H137NO5/c1-3-5-7-9-11-13-15-17-19-20-35-38-42-46-50-54-58-62-66-72(77)78-67-63-59-55-51-47-43-39-36-33-31-29-27-25-23-21-22-24-26-28-30-32-34-37-41-45-49-53-57-61-65-71(76)73-69(68-74)70(75)64-60-56-52-48-44-40-18-16-14-12-10-8-6-4-2/h19-21,23,60,64,69-70,74-75H,3-18,22,24-59,61-63,65-68H2,1-2H3,(H,73,76)/b20-19-,23-21-,64-60+. The number of nitrogens with one attached hydrogen (secondary N) is 1. The predicted octanol–water partition coefficient (Wildman–Crippen LogP) is 22.7. The molecule has 1 amide bonds. The highest BCUT2D eigenvalue weighted by Crippen LogP contribution is 2.18. The maximum Gasteiger partial charge on any atom is 0.305 e. The van der Waals surface area contributed by atoms with E-state index in [0.717, 1.165) is 44.9 Å². The topological polar surface area (TPSA) is 95.9 Å². The molecule has 2 unspecified atom stereocenters. The first-order valence-corrected chi connectivity index (χ1v) is 35.3. The lowest BCUT2D eigenvalue weighted by Gasteiger charge is -2.20. The summed E-state index contributed by atoms with van der Waals surface area (Å²) in [7, 11) is 0. The SMILES string of the molecule is CCCCCCCCC/C=C\CCCCCCCCCC(=O)OCCCCCCCCCCCCCC/C=C\CCCCCCCCCCCCCCCC(=O)NC(CO)C(O)/C=C/CCCCCCCCCCCCCC. The van der Waals surface area contributed by atoms with Crippen molar-refractivity contribution in [1.82, 2.24) is 5.32 Å². The van der Waals surface area contributed by atoms with Crippen LogP contribution < -0.4 is 5.32 Å². The smallest absolute Gasteiger partial charge is 0.305 e. The number of ether oxygens (including phenoxy) is 1. The van der Waals surface area contributed by atoms with Gasteiger partial charge < -0.3 is 20.3 Å². The number of amides is 1. The van der Waals surface area contributed by atoms with Crippen molar-refractivity contribution in [1.29, 1.82) is 0 Å². The van der Waals surface area contributed by atoms with E-state index in [2.05, 4.69) is 43.5 Å². The first-order chi connectivity index (χ1) is 38.5. The number of unbranched alkanes of at least 4 members (excludes halogenated alkanes) is 51. The van der Waals surface area contributed by atoms with Gasteiger partial charge in [-0.25, -0.2) is 0 Å². The number of hydrogen-bond donors (Lipinski definition) is 3. The second-order valence-corrected chi connectivity index (χ2v) is 24.2. The molecule has 0 aliphatic carbocycles. The first-order valence-electron chi connectivity index (χ1n) is 35.3. The van der Waals surface area contributed by atoms with Crippen LogP contribution in [0.4, 0.5) is 0 Å². The quantitative estimate of drug-likeness (QED) is 0.0320. The van der Waals surface area contributed by atoms with Crippen molar-refractivity contribution in [2.75, 3.05) is 13.2 Å². The fraction of sp³-hybridized carbons (Fsp3) is 0.889. The maximum absolute atomic E-state index is 12.5. The molecule has 0 fully saturated rings. The van der Waals surface area contributed by atoms with Crippen molar-refractivity contribution in [3.63, 3.8) is 0 Å². The second kappa shape index (κ2) is 67.6. The van der Waals surface area contributed by atoms with Crippen LogP contribution in [0.15, 0.2) is 36.5 Å². The summed E-state index contributed by atoms with van der Waals surface area (Å²) >= 11 is 0. The van der Waals surface area contributed by atoms with Crippen LogP contribution in [0.3, 0.4) is 0 Å². The number of carbonyl (C=O) groups excluding carboxylic acids is 2. The van der Waals surface area contributed by atoms with E-state index in [1.54, 1.807) is 6.08 Å². The summed E-state index contributed by atoms with van der Waals surface area (Å²) in [5.41, 5.74) is 0. The van der Waals surface area contributed by atoms with Gasteiger partial charge in [-0.15, -0.1) is 0 Å². The highest BCUT2D eigenvalue weighted by atomic mass is 16.5. The Balaban J connectivity index is 3.37. The van der Waals surface area contributed by atoms with Gasteiger partial charge in [-0.3, -0.25) is 9.59 Å². The van der Waals surface area contributed by atoms with Crippen molar-refractivity contribution in [3.05, 3.63) is 36.5 Å². The molecule has 3 N–H and O–H groups in total. The van der Waals surface area contributed by atoms with E-state index >= 15 is 0 Å². The van der Waals surface area contributed by atoms with E-state index < -0.39 is 12.1 Å². The summed E-state index contributed by atoms with van der Waals surface area (Å²) in [6.07, 6.45) is 86.5. The van der Waals surface area contributed by atoms with Crippen LogP contribution in [0.5, 0.6) is 0 Å². The zero-order valence-electron chi connectivity index (χ0n) is 52.7. The van der Waals surface area contributed by atoms with Gasteiger partial charge in [-0.2, -0.15) is 0 Å². The summed E-state index contributed by atoms with van der Waals surface area (Å²) in [5.74, 6) is -0.0520. The fourth-order valence-corrected chi connectivity index (χ4v) is 11.0. The molecular formula is C72H137NO5. The maximum atomic E-state index is 12.5. The van der Waals surface area contributed by atoms with Gasteiger partial charge in [-0.05, 0) is 83.5 Å². The molecule has 0 radical (unpaired) electrons. The van der Waals surface area contributed by atoms with Gasteiger partial charge in [0.2, 0.25) is 5.91 Å². The third-order valence-electron chi connectivity index (χ3n) is 16.4. The molecule has 0 saturated carbocycles. The molecule has 0 aromatic rings. The lowest BCUT2D eigenvalue weighted by molar-refractivity contribution is -0.143. The molecule has 0 aliphatic heterocycles. The van der Waals surface area contributed by atoms with E-state index in [9.17, 15) is 19.8 Å². The number of esters is 1. The molecule has 2 atom stereocenters. The molecule has 0 heterocycles. The third-order valence-corrected chi connectivity index (χ3v) is 16.4. The molecule has 0 aromatic heterocycles. The van der Waals surface area contributed by atoms with Gasteiger partial charge in [0.05, 0.1) is 25.4 Å². The summed E-state index contributed by atoms with van der Waals surface area (Å²) in [5, 5.41) is 23.1. The average molecular weight is 1100 g/mol. The molecule has 0 saturated heterocycles. The second-order valence-electron chi connectivity index (χ2n) is 24.2. The molecule has 0 aliphatic rings. The molecule has 0 bridgehead atoms. The minimum Gasteiger partial charge on any atom is -0.466 e. The average Bonchev–Trinajstić information content (AvgIpc) is 3.44. The van der Waals surface area contributed by atoms with Crippen molar-refractivity contribution in [3.8, 4) is 0 Å². The van der Waals surface area contributed by atoms with E-state index in [1.165, 1.54) is 315 Å². The Labute approximate surface area is 487 Å². The molecule has 78 heavy (non-hydrogen) atoms. The van der Waals surface area contributed by atoms with Crippen molar-refractivity contribution in [2.24, 2.45) is 0 Å². The van der Waals surface area contributed by atoms with Crippen LogP contribution in [0.25, 0.3) is 0 Å². The Kier molecular flexibility index (Phi) is 65.9. The summed E-state index contributed by atoms with van der Waals surface area (Å²) in [6.45, 7) is 4.92. The number of hydrogen-bond acceptors (Lipinski definition) is 5. The first kappa shape index (κ1) is 76.1. The monoisotopic (exact) mass is 1100 g/mol. The number of allylic oxidation sites excluding steroid dienone is 5. The summed E-state index contributed by atoms with van der Waals surface area (Å²) in [4.78, 5) is 24.6. The van der Waals surface area contributed by atoms with Gasteiger partial charge in [0.1, 0.15) is 0 Å². The van der Waals surface area contributed by atoms with E-state index in [4.69, 9.17) is 4.74 Å². The van der Waals surface area contributed by atoms with Gasteiger partial charge >= 0.3 is 5.97 Å². The predicted molar refractivity (Wildman–Crippen MR) is 343 cm³/mol. The van der Waals surface area contributed by atoms with E-state index in [1.807, 2.05) is 6.08 Å². The molecule has 6 heteroatoms. The Morgan fingerprint density at radius 3 is 0.910 bits per heavy atom. The largest absolute Gasteiger partial charge is 0.466 e. The zero-order valence-corrected chi connectivity index (χ0v) is 52.7. The van der Waals surface area contributed by atoms with Crippen LogP contribution in [0, 0.1) is 0 Å². The van der Waals surface area contributed by atoms with E-state index in [-0.39, 0.29) is 18.5 Å². The number of rotatable bonds is 66. The van der Waals surface area contributed by atoms with Crippen LogP contribution in [0.2, 0.25) is 0 Å². The number of aliphatic hydroxyl groups is 2. The van der Waals surface area contributed by atoms with Crippen molar-refractivity contribution in [2.45, 2.75) is 398 Å². The van der Waals surface area contributed by atoms with Crippen LogP contribution in [0.1, 0.15) is 386 Å². The van der Waals surface area contributed by atoms with Gasteiger partial charge in [0.25, 0.3) is 0 Å². The highest BCUT2D eigenvalue weighted by Gasteiger charge is 2.18. The van der Waals surface area contributed by atoms with Crippen molar-refractivity contribution >= 4 is 11.9 Å². The number of carbonyl (C=O) groups is 2. The van der Waals surface area contributed by atoms with Crippen LogP contribution in [-0.4, -0.2) is 47.4 Å². The Bertz CT molecular complexity index is 1260. The number of aliphatic hydroxyl groups excluding tert-OH is 2.